The Morgan fingerprint density at radius 1 is 1.31 bits per heavy atom. The molecule has 0 amide bonds. The third kappa shape index (κ3) is 5.20. The average Bonchev–Trinajstić information content (AvgIpc) is 2.65. The van der Waals surface area contributed by atoms with Gasteiger partial charge in [0, 0.05) is 37.2 Å². The van der Waals surface area contributed by atoms with Crippen LogP contribution in [-0.2, 0) is 17.8 Å². The number of phenolic OH excluding ortho intramolecular Hbond substituents is 1. The van der Waals surface area contributed by atoms with Gasteiger partial charge in [0.2, 0.25) is 0 Å². The van der Waals surface area contributed by atoms with Gasteiger partial charge in [-0.25, -0.2) is 0 Å². The van der Waals surface area contributed by atoms with Crippen LogP contribution in [0.2, 0.25) is 0 Å². The number of nitrogens with zero attached hydrogens (tertiary/aromatic N) is 1. The molecular formula is C20H25BrN2O3. The molecule has 0 spiro atoms. The van der Waals surface area contributed by atoms with Crippen molar-refractivity contribution in [3.05, 3.63) is 58.1 Å². The van der Waals surface area contributed by atoms with Gasteiger partial charge in [-0.2, -0.15) is 0 Å². The van der Waals surface area contributed by atoms with Gasteiger partial charge in [-0.1, -0.05) is 46.3 Å². The van der Waals surface area contributed by atoms with E-state index in [-0.39, 0.29) is 11.9 Å². The summed E-state index contributed by atoms with van der Waals surface area (Å²) in [5, 5.41) is 13.4. The number of aromatic hydroxyl groups is 1. The maximum Gasteiger partial charge on any atom is 0.161 e. The van der Waals surface area contributed by atoms with Gasteiger partial charge in [-0.3, -0.25) is 4.90 Å². The number of methoxy groups -OCH3 is 1. The second-order valence-electron chi connectivity index (χ2n) is 6.46. The van der Waals surface area contributed by atoms with Crippen molar-refractivity contribution in [1.82, 2.24) is 10.2 Å². The summed E-state index contributed by atoms with van der Waals surface area (Å²) in [6, 6.07) is 14.0. The highest BCUT2D eigenvalue weighted by atomic mass is 79.9. The van der Waals surface area contributed by atoms with E-state index in [4.69, 9.17) is 9.47 Å². The molecule has 1 fully saturated rings. The molecule has 26 heavy (non-hydrogen) atoms. The quantitative estimate of drug-likeness (QED) is 0.720. The van der Waals surface area contributed by atoms with E-state index in [2.05, 4.69) is 50.4 Å². The molecule has 1 heterocycles. The highest BCUT2D eigenvalue weighted by Crippen LogP contribution is 2.32. The van der Waals surface area contributed by atoms with E-state index in [9.17, 15) is 5.11 Å². The summed E-state index contributed by atoms with van der Waals surface area (Å²) in [5.74, 6) is 0.614. The van der Waals surface area contributed by atoms with Crippen LogP contribution in [0.4, 0.5) is 0 Å². The molecule has 1 atom stereocenters. The minimum Gasteiger partial charge on any atom is -0.504 e. The Morgan fingerprint density at radius 3 is 2.88 bits per heavy atom. The molecule has 0 radical (unpaired) electrons. The summed E-state index contributed by atoms with van der Waals surface area (Å²) in [4.78, 5) is 2.43. The Labute approximate surface area is 163 Å². The molecule has 0 aliphatic carbocycles. The second kappa shape index (κ2) is 9.37. The highest BCUT2D eigenvalue weighted by Gasteiger charge is 2.20. The van der Waals surface area contributed by atoms with Crippen molar-refractivity contribution in [1.29, 1.82) is 0 Å². The first-order valence-corrected chi connectivity index (χ1v) is 9.59. The SMILES string of the molecule is COc1cc(Br)c(CNC[C@@H]2CN(Cc3ccccc3)CCO2)cc1O. The number of phenols is 1. The Balaban J connectivity index is 1.48. The number of halogens is 1. The number of benzene rings is 2. The standard InChI is InChI=1S/C20H25BrN2O3/c1-25-20-10-18(21)16(9-19(20)24)11-22-12-17-14-23(7-8-26-17)13-15-5-3-2-4-6-15/h2-6,9-10,17,22,24H,7-8,11-14H2,1H3/t17-/m1/s1. The van der Waals surface area contributed by atoms with Crippen molar-refractivity contribution in [2.75, 3.05) is 33.4 Å². The number of ether oxygens (including phenoxy) is 2. The Kier molecular flexibility index (Phi) is 6.91. The van der Waals surface area contributed by atoms with Crippen molar-refractivity contribution in [2.24, 2.45) is 0 Å². The maximum absolute atomic E-state index is 9.93. The number of hydrogen-bond acceptors (Lipinski definition) is 5. The summed E-state index contributed by atoms with van der Waals surface area (Å²) in [5.41, 5.74) is 2.32. The normalized spacial score (nSPS) is 18.0. The average molecular weight is 421 g/mol. The smallest absolute Gasteiger partial charge is 0.161 e. The lowest BCUT2D eigenvalue weighted by Crippen LogP contribution is -2.46. The summed E-state index contributed by atoms with van der Waals surface area (Å²) in [6.45, 7) is 5.01. The van der Waals surface area contributed by atoms with Crippen molar-refractivity contribution >= 4 is 15.9 Å². The van der Waals surface area contributed by atoms with E-state index in [1.165, 1.54) is 5.56 Å². The monoisotopic (exact) mass is 420 g/mol. The van der Waals surface area contributed by atoms with E-state index < -0.39 is 0 Å². The molecule has 2 aromatic carbocycles. The molecule has 1 aliphatic rings. The minimum atomic E-state index is 0.149. The van der Waals surface area contributed by atoms with Crippen LogP contribution in [0.25, 0.3) is 0 Å². The summed E-state index contributed by atoms with van der Waals surface area (Å²) < 4.78 is 11.9. The number of rotatable bonds is 7. The van der Waals surface area contributed by atoms with Gasteiger partial charge >= 0.3 is 0 Å². The van der Waals surface area contributed by atoms with Gasteiger partial charge < -0.3 is 19.9 Å². The molecule has 5 nitrogen and oxygen atoms in total. The molecule has 0 unspecified atom stereocenters. The third-order valence-corrected chi connectivity index (χ3v) is 5.25. The fourth-order valence-electron chi connectivity index (χ4n) is 3.14. The molecule has 2 aromatic rings. The first-order chi connectivity index (χ1) is 12.7. The number of morpholine rings is 1. The number of hydrogen-bond donors (Lipinski definition) is 2. The summed E-state index contributed by atoms with van der Waals surface area (Å²) in [7, 11) is 1.54. The van der Waals surface area contributed by atoms with Crippen molar-refractivity contribution < 1.29 is 14.6 Å². The molecule has 1 saturated heterocycles. The van der Waals surface area contributed by atoms with Crippen LogP contribution in [0.5, 0.6) is 11.5 Å². The van der Waals surface area contributed by atoms with Crippen LogP contribution in [0.15, 0.2) is 46.9 Å². The van der Waals surface area contributed by atoms with Crippen molar-refractivity contribution in [2.45, 2.75) is 19.2 Å². The Morgan fingerprint density at radius 2 is 2.12 bits per heavy atom. The second-order valence-corrected chi connectivity index (χ2v) is 7.31. The first-order valence-electron chi connectivity index (χ1n) is 8.79. The van der Waals surface area contributed by atoms with Crippen LogP contribution in [0.1, 0.15) is 11.1 Å². The van der Waals surface area contributed by atoms with E-state index in [0.717, 1.165) is 42.8 Å². The van der Waals surface area contributed by atoms with Crippen LogP contribution < -0.4 is 10.1 Å². The van der Waals surface area contributed by atoms with Crippen LogP contribution in [0, 0.1) is 0 Å². The van der Waals surface area contributed by atoms with E-state index in [1.54, 1.807) is 19.2 Å². The maximum atomic E-state index is 9.93. The van der Waals surface area contributed by atoms with Gasteiger partial charge in [0.1, 0.15) is 0 Å². The molecule has 2 N–H and O–H groups in total. The predicted molar refractivity (Wildman–Crippen MR) is 106 cm³/mol. The van der Waals surface area contributed by atoms with E-state index in [1.807, 2.05) is 6.07 Å². The largest absolute Gasteiger partial charge is 0.504 e. The van der Waals surface area contributed by atoms with Gasteiger partial charge in [0.15, 0.2) is 11.5 Å². The lowest BCUT2D eigenvalue weighted by molar-refractivity contribution is -0.0300. The van der Waals surface area contributed by atoms with E-state index >= 15 is 0 Å². The third-order valence-electron chi connectivity index (χ3n) is 4.51. The molecule has 0 saturated carbocycles. The fraction of sp³-hybridized carbons (Fsp3) is 0.400. The van der Waals surface area contributed by atoms with Gasteiger partial charge in [-0.05, 0) is 23.3 Å². The summed E-state index contributed by atoms with van der Waals surface area (Å²) in [6.07, 6.45) is 0.165. The van der Waals surface area contributed by atoms with Crippen LogP contribution in [-0.4, -0.2) is 49.5 Å². The zero-order chi connectivity index (χ0) is 18.4. The van der Waals surface area contributed by atoms with Gasteiger partial charge in [-0.15, -0.1) is 0 Å². The summed E-state index contributed by atoms with van der Waals surface area (Å²) >= 11 is 3.52. The van der Waals surface area contributed by atoms with Gasteiger partial charge in [0.25, 0.3) is 0 Å². The van der Waals surface area contributed by atoms with Crippen LogP contribution in [0.3, 0.4) is 0 Å². The molecule has 1 aliphatic heterocycles. The Bertz CT molecular complexity index is 712. The molecule has 0 aromatic heterocycles. The van der Waals surface area contributed by atoms with Gasteiger partial charge in [0.05, 0.1) is 19.8 Å². The first kappa shape index (κ1) is 19.2. The predicted octanol–water partition coefficient (Wildman–Crippen LogP) is 3.15. The fourth-order valence-corrected chi connectivity index (χ4v) is 3.61. The Hall–Kier alpha value is -1.60. The lowest BCUT2D eigenvalue weighted by atomic mass is 10.1. The van der Waals surface area contributed by atoms with Crippen molar-refractivity contribution in [3.63, 3.8) is 0 Å². The molecule has 3 rings (SSSR count). The topological polar surface area (TPSA) is 54.0 Å². The zero-order valence-corrected chi connectivity index (χ0v) is 16.5. The van der Waals surface area contributed by atoms with E-state index in [0.29, 0.717) is 12.3 Å². The number of nitrogens with one attached hydrogen (secondary N) is 1. The molecule has 6 heteroatoms. The molecular weight excluding hydrogens is 396 g/mol. The molecule has 0 bridgehead atoms. The molecule has 140 valence electrons. The lowest BCUT2D eigenvalue weighted by Gasteiger charge is -2.33. The minimum absolute atomic E-state index is 0.149. The zero-order valence-electron chi connectivity index (χ0n) is 15.0. The van der Waals surface area contributed by atoms with Crippen molar-refractivity contribution in [3.8, 4) is 11.5 Å². The highest BCUT2D eigenvalue weighted by molar-refractivity contribution is 9.10. The van der Waals surface area contributed by atoms with Crippen LogP contribution >= 0.6 is 15.9 Å².